The van der Waals surface area contributed by atoms with Crippen molar-refractivity contribution in [3.05, 3.63) is 82.0 Å². The summed E-state index contributed by atoms with van der Waals surface area (Å²) in [4.78, 5) is -0.141. The molecule has 1 aliphatic heterocycles. The van der Waals surface area contributed by atoms with Crippen molar-refractivity contribution in [2.24, 2.45) is 0 Å². The summed E-state index contributed by atoms with van der Waals surface area (Å²) in [5.74, 6) is -0.711. The van der Waals surface area contributed by atoms with Gasteiger partial charge in [-0.15, -0.1) is 0 Å². The van der Waals surface area contributed by atoms with Gasteiger partial charge in [-0.25, -0.2) is 12.8 Å². The fourth-order valence-electron chi connectivity index (χ4n) is 3.20. The average Bonchev–Trinajstić information content (AvgIpc) is 3.18. The fraction of sp³-hybridized carbons (Fsp3) is 0.105. The molecule has 0 saturated heterocycles. The summed E-state index contributed by atoms with van der Waals surface area (Å²) in [6.45, 7) is -3.02. The Labute approximate surface area is 178 Å². The molecule has 30 heavy (non-hydrogen) atoms. The van der Waals surface area contributed by atoms with Gasteiger partial charge in [0.15, 0.2) is 0 Å². The van der Waals surface area contributed by atoms with E-state index in [2.05, 4.69) is 30.9 Å². The van der Waals surface area contributed by atoms with E-state index in [0.29, 0.717) is 16.8 Å². The largest absolute Gasteiger partial charge is 0.435 e. The summed E-state index contributed by atoms with van der Waals surface area (Å²) in [6, 6.07) is 8.06. The first-order chi connectivity index (χ1) is 14.3. The molecule has 1 atom stereocenters. The summed E-state index contributed by atoms with van der Waals surface area (Å²) in [5, 5.41) is 6.74. The van der Waals surface area contributed by atoms with Crippen LogP contribution in [0.2, 0.25) is 0 Å². The number of fused-ring (bicyclic) bond motifs is 1. The van der Waals surface area contributed by atoms with Crippen LogP contribution in [0.3, 0.4) is 0 Å². The summed E-state index contributed by atoms with van der Waals surface area (Å²) < 4.78 is 71.2. The van der Waals surface area contributed by atoms with Crippen molar-refractivity contribution in [2.75, 3.05) is 0 Å². The van der Waals surface area contributed by atoms with Gasteiger partial charge in [0.1, 0.15) is 11.6 Å². The highest BCUT2D eigenvalue weighted by Gasteiger charge is 2.36. The SMILES string of the molecule is O=S(=O)(c1ccc(OC(F)F)cc1)N1C=Cc2[nH]ncc2C1c1cccc(F)c1Br. The average molecular weight is 500 g/mol. The van der Waals surface area contributed by atoms with Gasteiger partial charge >= 0.3 is 6.61 Å². The normalized spacial score (nSPS) is 16.0. The predicted molar refractivity (Wildman–Crippen MR) is 106 cm³/mol. The Morgan fingerprint density at radius 3 is 2.57 bits per heavy atom. The van der Waals surface area contributed by atoms with Crippen molar-refractivity contribution >= 4 is 32.0 Å². The molecular weight excluding hydrogens is 487 g/mol. The number of halogens is 4. The Bertz CT molecular complexity index is 1210. The molecule has 0 fully saturated rings. The highest BCUT2D eigenvalue weighted by atomic mass is 79.9. The van der Waals surface area contributed by atoms with Crippen LogP contribution in [0.5, 0.6) is 5.75 Å². The van der Waals surface area contributed by atoms with Crippen LogP contribution in [0.4, 0.5) is 13.2 Å². The molecule has 0 radical (unpaired) electrons. The topological polar surface area (TPSA) is 75.3 Å². The number of hydrogen-bond acceptors (Lipinski definition) is 4. The van der Waals surface area contributed by atoms with Crippen LogP contribution in [0.15, 0.2) is 64.2 Å². The van der Waals surface area contributed by atoms with Gasteiger partial charge in [0.05, 0.1) is 27.3 Å². The number of sulfonamides is 1. The number of alkyl halides is 2. The zero-order valence-electron chi connectivity index (χ0n) is 15.0. The Morgan fingerprint density at radius 1 is 1.13 bits per heavy atom. The van der Waals surface area contributed by atoms with Gasteiger partial charge in [-0.2, -0.15) is 13.9 Å². The van der Waals surface area contributed by atoms with Gasteiger partial charge in [-0.05, 0) is 57.9 Å². The molecule has 4 rings (SSSR count). The molecule has 0 aliphatic carbocycles. The molecule has 1 unspecified atom stereocenters. The van der Waals surface area contributed by atoms with Crippen molar-refractivity contribution in [3.8, 4) is 5.75 Å². The molecule has 1 N–H and O–H groups in total. The Balaban J connectivity index is 1.80. The molecular formula is C19H13BrF3N3O3S. The van der Waals surface area contributed by atoms with E-state index in [4.69, 9.17) is 0 Å². The summed E-state index contributed by atoms with van der Waals surface area (Å²) in [6.07, 6.45) is 4.36. The van der Waals surface area contributed by atoms with Crippen molar-refractivity contribution in [2.45, 2.75) is 17.5 Å². The van der Waals surface area contributed by atoms with E-state index in [1.807, 2.05) is 0 Å². The lowest BCUT2D eigenvalue weighted by Crippen LogP contribution is -2.33. The second-order valence-electron chi connectivity index (χ2n) is 6.29. The van der Waals surface area contributed by atoms with Crippen LogP contribution >= 0.6 is 15.9 Å². The highest BCUT2D eigenvalue weighted by Crippen LogP contribution is 2.41. The van der Waals surface area contributed by atoms with Gasteiger partial charge in [0, 0.05) is 11.8 Å². The molecule has 2 heterocycles. The number of hydrogen-bond donors (Lipinski definition) is 1. The molecule has 0 amide bonds. The molecule has 1 aromatic heterocycles. The first-order valence-electron chi connectivity index (χ1n) is 8.53. The standard InChI is InChI=1S/C19H13BrF3N3O3S/c20-17-13(2-1-3-15(17)21)18-14-10-24-25-16(14)8-9-26(18)30(27,28)12-6-4-11(5-7-12)29-19(22)23/h1-10,18-19H,(H,24,25). The number of aromatic amines is 1. The minimum absolute atomic E-state index is 0.123. The molecule has 0 saturated carbocycles. The maximum absolute atomic E-state index is 14.2. The number of nitrogens with zero attached hydrogens (tertiary/aromatic N) is 2. The monoisotopic (exact) mass is 499 g/mol. The quantitative estimate of drug-likeness (QED) is 0.553. The van der Waals surface area contributed by atoms with Crippen LogP contribution in [0.1, 0.15) is 22.9 Å². The van der Waals surface area contributed by atoms with Gasteiger partial charge in [0.2, 0.25) is 0 Å². The maximum atomic E-state index is 14.2. The fourth-order valence-corrected chi connectivity index (χ4v) is 5.13. The van der Waals surface area contributed by atoms with E-state index >= 15 is 0 Å². The third-order valence-corrected chi connectivity index (χ3v) is 7.13. The number of nitrogens with one attached hydrogen (secondary N) is 1. The van der Waals surface area contributed by atoms with E-state index in [1.54, 1.807) is 6.07 Å². The third-order valence-electron chi connectivity index (χ3n) is 4.54. The second kappa shape index (κ2) is 7.80. The first-order valence-corrected chi connectivity index (χ1v) is 10.8. The van der Waals surface area contributed by atoms with Gasteiger partial charge in [-0.1, -0.05) is 12.1 Å². The van der Waals surface area contributed by atoms with Crippen molar-refractivity contribution < 1.29 is 26.3 Å². The van der Waals surface area contributed by atoms with Crippen molar-refractivity contribution in [3.63, 3.8) is 0 Å². The lowest BCUT2D eigenvalue weighted by Gasteiger charge is -2.33. The molecule has 1 aliphatic rings. The molecule has 3 aromatic rings. The molecule has 0 spiro atoms. The molecule has 6 nitrogen and oxygen atoms in total. The predicted octanol–water partition coefficient (Wildman–Crippen LogP) is 4.68. The van der Waals surface area contributed by atoms with Crippen molar-refractivity contribution in [1.29, 1.82) is 0 Å². The summed E-state index contributed by atoms with van der Waals surface area (Å²) >= 11 is 3.20. The Morgan fingerprint density at radius 2 is 1.87 bits per heavy atom. The number of H-pyrrole nitrogens is 1. The maximum Gasteiger partial charge on any atom is 0.387 e. The van der Waals surface area contributed by atoms with E-state index < -0.39 is 28.5 Å². The van der Waals surface area contributed by atoms with Gasteiger partial charge < -0.3 is 4.74 Å². The minimum atomic E-state index is -4.14. The Kier molecular flexibility index (Phi) is 5.33. The molecule has 11 heteroatoms. The molecule has 2 aromatic carbocycles. The first kappa shape index (κ1) is 20.5. The van der Waals surface area contributed by atoms with Crippen LogP contribution in [0.25, 0.3) is 6.08 Å². The van der Waals surface area contributed by atoms with Crippen LogP contribution in [-0.4, -0.2) is 29.5 Å². The van der Waals surface area contributed by atoms with Crippen LogP contribution in [0, 0.1) is 5.82 Å². The van der Waals surface area contributed by atoms with Gasteiger partial charge in [0.25, 0.3) is 10.0 Å². The van der Waals surface area contributed by atoms with E-state index in [-0.39, 0.29) is 15.1 Å². The minimum Gasteiger partial charge on any atom is -0.435 e. The van der Waals surface area contributed by atoms with E-state index in [9.17, 15) is 21.6 Å². The highest BCUT2D eigenvalue weighted by molar-refractivity contribution is 9.10. The number of aromatic nitrogens is 2. The van der Waals surface area contributed by atoms with Crippen molar-refractivity contribution in [1.82, 2.24) is 14.5 Å². The lowest BCUT2D eigenvalue weighted by molar-refractivity contribution is -0.0498. The van der Waals surface area contributed by atoms with E-state index in [0.717, 1.165) is 16.4 Å². The van der Waals surface area contributed by atoms with E-state index in [1.165, 1.54) is 42.7 Å². The van der Waals surface area contributed by atoms with Gasteiger partial charge in [-0.3, -0.25) is 9.40 Å². The molecule has 0 bridgehead atoms. The number of benzene rings is 2. The van der Waals surface area contributed by atoms with Crippen LogP contribution < -0.4 is 4.74 Å². The summed E-state index contributed by atoms with van der Waals surface area (Å²) in [7, 11) is -4.14. The second-order valence-corrected chi connectivity index (χ2v) is 8.92. The third kappa shape index (κ3) is 3.58. The lowest BCUT2D eigenvalue weighted by atomic mass is 9.97. The zero-order valence-corrected chi connectivity index (χ0v) is 17.4. The Hall–Kier alpha value is -2.79. The molecule has 156 valence electrons. The smallest absolute Gasteiger partial charge is 0.387 e. The number of ether oxygens (including phenoxy) is 1. The summed E-state index contributed by atoms with van der Waals surface area (Å²) in [5.41, 5.74) is 1.50. The zero-order chi connectivity index (χ0) is 21.5. The van der Waals surface area contributed by atoms with Crippen LogP contribution in [-0.2, 0) is 10.0 Å². The number of rotatable bonds is 5.